The average molecular weight is 453 g/mol. The van der Waals surface area contributed by atoms with Gasteiger partial charge in [0.1, 0.15) is 6.10 Å². The van der Waals surface area contributed by atoms with Crippen molar-refractivity contribution in [3.8, 4) is 0 Å². The monoisotopic (exact) mass is 452 g/mol. The molecular formula is C25H28O4SSi. The Morgan fingerprint density at radius 3 is 1.71 bits per heavy atom. The highest BCUT2D eigenvalue weighted by molar-refractivity contribution is 7.92. The molecule has 1 aliphatic rings. The van der Waals surface area contributed by atoms with Crippen LogP contribution in [0, 0.1) is 0 Å². The van der Waals surface area contributed by atoms with E-state index in [9.17, 15) is 8.42 Å². The molecule has 0 unspecified atom stereocenters. The molecule has 31 heavy (non-hydrogen) atoms. The van der Waals surface area contributed by atoms with Crippen LogP contribution in [0.1, 0.15) is 20.8 Å². The second kappa shape index (κ2) is 8.35. The van der Waals surface area contributed by atoms with Gasteiger partial charge in [-0.15, -0.1) is 0 Å². The number of hydrogen-bond donors (Lipinski definition) is 0. The van der Waals surface area contributed by atoms with Gasteiger partial charge in [0, 0.05) is 0 Å². The lowest BCUT2D eigenvalue weighted by molar-refractivity contribution is 0.249. The average Bonchev–Trinajstić information content (AvgIpc) is 3.56. The summed E-state index contributed by atoms with van der Waals surface area (Å²) < 4.78 is 38.2. The van der Waals surface area contributed by atoms with Crippen molar-refractivity contribution >= 4 is 28.5 Å². The van der Waals surface area contributed by atoms with Crippen molar-refractivity contribution in [3.63, 3.8) is 0 Å². The van der Waals surface area contributed by atoms with Gasteiger partial charge >= 0.3 is 0 Å². The number of benzene rings is 3. The lowest BCUT2D eigenvalue weighted by Crippen LogP contribution is -2.66. The van der Waals surface area contributed by atoms with E-state index in [1.54, 1.807) is 30.3 Å². The van der Waals surface area contributed by atoms with Gasteiger partial charge in [-0.3, -0.25) is 0 Å². The molecule has 4 rings (SSSR count). The van der Waals surface area contributed by atoms with Crippen LogP contribution in [0.2, 0.25) is 5.04 Å². The zero-order valence-electron chi connectivity index (χ0n) is 18.1. The molecule has 0 bridgehead atoms. The zero-order chi connectivity index (χ0) is 22.1. The summed E-state index contributed by atoms with van der Waals surface area (Å²) in [7, 11) is -6.25. The van der Waals surface area contributed by atoms with E-state index >= 15 is 0 Å². The molecule has 162 valence electrons. The summed E-state index contributed by atoms with van der Waals surface area (Å²) in [4.78, 5) is 0.285. The Morgan fingerprint density at radius 1 is 0.806 bits per heavy atom. The predicted molar refractivity (Wildman–Crippen MR) is 126 cm³/mol. The van der Waals surface area contributed by atoms with Crippen molar-refractivity contribution < 1.29 is 17.6 Å². The van der Waals surface area contributed by atoms with Gasteiger partial charge in [-0.25, -0.2) is 8.42 Å². The van der Waals surface area contributed by atoms with Crippen LogP contribution in [0.5, 0.6) is 0 Å². The largest absolute Gasteiger partial charge is 0.405 e. The van der Waals surface area contributed by atoms with E-state index in [-0.39, 0.29) is 16.5 Å². The molecule has 0 N–H and O–H groups in total. The van der Waals surface area contributed by atoms with Crippen LogP contribution >= 0.6 is 0 Å². The van der Waals surface area contributed by atoms with E-state index in [1.165, 1.54) is 0 Å². The fraction of sp³-hybridized carbons (Fsp3) is 0.280. The Bertz CT molecular complexity index is 1070. The Kier molecular flexibility index (Phi) is 5.92. The molecule has 0 amide bonds. The molecule has 0 saturated carbocycles. The molecule has 3 aromatic rings. The van der Waals surface area contributed by atoms with Crippen LogP contribution in [-0.2, 0) is 19.0 Å². The number of epoxide rings is 1. The highest BCUT2D eigenvalue weighted by Crippen LogP contribution is 2.39. The summed E-state index contributed by atoms with van der Waals surface area (Å²) >= 11 is 0. The fourth-order valence-corrected chi connectivity index (χ4v) is 10.4. The van der Waals surface area contributed by atoms with E-state index in [2.05, 4.69) is 45.0 Å². The van der Waals surface area contributed by atoms with E-state index in [4.69, 9.17) is 9.16 Å². The summed E-state index contributed by atoms with van der Waals surface area (Å²) in [6, 6.07) is 29.1. The molecule has 1 aliphatic heterocycles. The first-order valence-corrected chi connectivity index (χ1v) is 13.9. The Morgan fingerprint density at radius 2 is 1.26 bits per heavy atom. The van der Waals surface area contributed by atoms with Crippen LogP contribution in [0.15, 0.2) is 95.9 Å². The first-order chi connectivity index (χ1) is 14.8. The lowest BCUT2D eigenvalue weighted by Gasteiger charge is -2.43. The highest BCUT2D eigenvalue weighted by Gasteiger charge is 2.55. The van der Waals surface area contributed by atoms with Gasteiger partial charge < -0.3 is 9.16 Å². The number of sulfone groups is 1. The molecule has 0 aliphatic carbocycles. The SMILES string of the molecule is CC(C)(C)[Si](OC[C@H]1O[C@H]1S(=O)(=O)c1ccccc1)(c1ccccc1)c1ccccc1. The van der Waals surface area contributed by atoms with Gasteiger partial charge in [-0.05, 0) is 27.5 Å². The molecule has 2 atom stereocenters. The maximum absolute atomic E-state index is 12.9. The molecule has 3 aromatic carbocycles. The Labute approximate surface area is 185 Å². The Hall–Kier alpha value is -2.25. The molecule has 1 fully saturated rings. The summed E-state index contributed by atoms with van der Waals surface area (Å²) in [5.74, 6) is 0. The van der Waals surface area contributed by atoms with Crippen LogP contribution in [0.3, 0.4) is 0 Å². The zero-order valence-corrected chi connectivity index (χ0v) is 19.9. The van der Waals surface area contributed by atoms with Gasteiger partial charge in [0.25, 0.3) is 8.32 Å². The second-order valence-corrected chi connectivity index (χ2v) is 15.2. The summed E-state index contributed by atoms with van der Waals surface area (Å²) in [5, 5.41) is 2.16. The highest BCUT2D eigenvalue weighted by atomic mass is 32.2. The predicted octanol–water partition coefficient (Wildman–Crippen LogP) is 3.76. The summed E-state index contributed by atoms with van der Waals surface area (Å²) in [6.45, 7) is 6.84. The molecular weight excluding hydrogens is 424 g/mol. The lowest BCUT2D eigenvalue weighted by atomic mass is 10.2. The van der Waals surface area contributed by atoms with Crippen molar-refractivity contribution in [1.82, 2.24) is 0 Å². The minimum atomic E-state index is -3.53. The molecule has 1 heterocycles. The third kappa shape index (κ3) is 4.13. The first-order valence-electron chi connectivity index (χ1n) is 10.5. The maximum Gasteiger partial charge on any atom is 0.261 e. The van der Waals surface area contributed by atoms with Crippen LogP contribution in [0.25, 0.3) is 0 Å². The standard InChI is InChI=1S/C25H28O4SSi/c1-25(2,3)31(21-15-9-5-10-16-21,22-17-11-6-12-18-22)28-19-23-24(29-23)30(26,27)20-13-7-4-8-14-20/h4-18,23-24H,19H2,1-3H3/t23-,24+/m1/s1. The smallest absolute Gasteiger partial charge is 0.261 e. The minimum Gasteiger partial charge on any atom is -0.405 e. The third-order valence-electron chi connectivity index (χ3n) is 5.79. The van der Waals surface area contributed by atoms with Crippen molar-refractivity contribution in [1.29, 1.82) is 0 Å². The van der Waals surface area contributed by atoms with Crippen molar-refractivity contribution in [3.05, 3.63) is 91.0 Å². The third-order valence-corrected chi connectivity index (χ3v) is 12.8. The van der Waals surface area contributed by atoms with Crippen molar-refractivity contribution in [2.45, 2.75) is 42.2 Å². The molecule has 1 saturated heterocycles. The van der Waals surface area contributed by atoms with E-state index in [1.807, 2.05) is 36.4 Å². The maximum atomic E-state index is 12.9. The minimum absolute atomic E-state index is 0.168. The Balaban J connectivity index is 1.64. The number of ether oxygens (including phenoxy) is 1. The van der Waals surface area contributed by atoms with E-state index in [0.717, 1.165) is 10.4 Å². The van der Waals surface area contributed by atoms with Crippen molar-refractivity contribution in [2.75, 3.05) is 6.61 Å². The number of rotatable bonds is 7. The second-order valence-electron chi connectivity index (χ2n) is 8.88. The summed E-state index contributed by atoms with van der Waals surface area (Å²) in [5.41, 5.74) is -0.854. The van der Waals surface area contributed by atoms with Crippen LogP contribution < -0.4 is 10.4 Å². The van der Waals surface area contributed by atoms with E-state index < -0.39 is 29.7 Å². The van der Waals surface area contributed by atoms with Crippen molar-refractivity contribution in [2.24, 2.45) is 0 Å². The molecule has 0 spiro atoms. The quantitative estimate of drug-likeness (QED) is 0.405. The summed E-state index contributed by atoms with van der Waals surface area (Å²) in [6.07, 6.45) is -0.466. The molecule has 0 radical (unpaired) electrons. The molecule has 6 heteroatoms. The van der Waals surface area contributed by atoms with Gasteiger partial charge in [0.05, 0.1) is 11.5 Å². The van der Waals surface area contributed by atoms with Gasteiger partial charge in [-0.2, -0.15) is 0 Å². The van der Waals surface area contributed by atoms with Gasteiger partial charge in [0.15, 0.2) is 5.44 Å². The fourth-order valence-electron chi connectivity index (χ4n) is 4.23. The van der Waals surface area contributed by atoms with E-state index in [0.29, 0.717) is 0 Å². The number of hydrogen-bond acceptors (Lipinski definition) is 4. The topological polar surface area (TPSA) is 55.9 Å². The van der Waals surface area contributed by atoms with Gasteiger partial charge in [-0.1, -0.05) is 99.6 Å². The van der Waals surface area contributed by atoms with Gasteiger partial charge in [0.2, 0.25) is 9.84 Å². The van der Waals surface area contributed by atoms with Crippen LogP contribution in [0.4, 0.5) is 0 Å². The normalized spacial score (nSPS) is 19.2. The first kappa shape index (κ1) is 22.0. The molecule has 0 aromatic heterocycles. The van der Waals surface area contributed by atoms with Crippen LogP contribution in [-0.4, -0.2) is 34.9 Å². The molecule has 4 nitrogen and oxygen atoms in total.